The normalized spacial score (nSPS) is 22.5. The van der Waals surface area contributed by atoms with Crippen LogP contribution in [0.4, 0.5) is 5.69 Å². The van der Waals surface area contributed by atoms with E-state index in [4.69, 9.17) is 34.6 Å². The van der Waals surface area contributed by atoms with Gasteiger partial charge in [-0.1, -0.05) is 26.8 Å². The lowest BCUT2D eigenvalue weighted by Crippen LogP contribution is -2.39. The van der Waals surface area contributed by atoms with Gasteiger partial charge in [0.15, 0.2) is 38.6 Å². The van der Waals surface area contributed by atoms with Crippen LogP contribution >= 0.6 is 0 Å². The number of benzene rings is 2. The molecule has 1 amide bonds. The molecule has 194 valence electrons. The molecule has 9 heteroatoms. The summed E-state index contributed by atoms with van der Waals surface area (Å²) in [6, 6.07) is 13.7. The molecule has 4 radical (unpaired) electrons. The van der Waals surface area contributed by atoms with Gasteiger partial charge in [0.1, 0.15) is 6.10 Å². The van der Waals surface area contributed by atoms with Gasteiger partial charge in [-0.2, -0.15) is 0 Å². The molecular formula is C29H32B2N2O5. The second kappa shape index (κ2) is 8.30. The Balaban J connectivity index is 1.26. The Morgan fingerprint density at radius 3 is 2.45 bits per heavy atom. The number of aromatic nitrogens is 1. The number of rotatable bonds is 5. The maximum Gasteiger partial charge on any atom is 0.235 e. The van der Waals surface area contributed by atoms with Crippen LogP contribution in [0.25, 0.3) is 10.9 Å². The van der Waals surface area contributed by atoms with Gasteiger partial charge in [0.05, 0.1) is 18.6 Å². The number of nitrogens with one attached hydrogen (secondary N) is 1. The van der Waals surface area contributed by atoms with Gasteiger partial charge >= 0.3 is 0 Å². The number of hydrogen-bond donors (Lipinski definition) is 1. The Kier molecular flexibility index (Phi) is 5.54. The van der Waals surface area contributed by atoms with E-state index in [0.29, 0.717) is 24.7 Å². The van der Waals surface area contributed by atoms with Gasteiger partial charge in [-0.3, -0.25) is 4.79 Å². The largest absolute Gasteiger partial charge is 0.468 e. The summed E-state index contributed by atoms with van der Waals surface area (Å²) < 4.78 is 25.1. The van der Waals surface area contributed by atoms with Crippen LogP contribution in [0.2, 0.25) is 0 Å². The molecule has 3 aromatic rings. The van der Waals surface area contributed by atoms with Gasteiger partial charge in [0, 0.05) is 27.7 Å². The average molecular weight is 510 g/mol. The van der Waals surface area contributed by atoms with Crippen molar-refractivity contribution in [3.63, 3.8) is 0 Å². The van der Waals surface area contributed by atoms with Crippen LogP contribution in [-0.4, -0.2) is 50.3 Å². The highest BCUT2D eigenvalue weighted by Crippen LogP contribution is 2.51. The molecule has 7 nitrogen and oxygen atoms in total. The smallest absolute Gasteiger partial charge is 0.235 e. The monoisotopic (exact) mass is 510 g/mol. The molecule has 1 atom stereocenters. The third-order valence-corrected chi connectivity index (χ3v) is 7.60. The lowest BCUT2D eigenvalue weighted by Gasteiger charge is -2.24. The number of ether oxygens (including phenoxy) is 4. The van der Waals surface area contributed by atoms with E-state index in [2.05, 4.69) is 42.8 Å². The topological polar surface area (TPSA) is 71.0 Å². The first-order valence-corrected chi connectivity index (χ1v) is 13.1. The van der Waals surface area contributed by atoms with Crippen LogP contribution < -0.4 is 14.8 Å². The van der Waals surface area contributed by atoms with Crippen LogP contribution in [-0.2, 0) is 31.6 Å². The van der Waals surface area contributed by atoms with Gasteiger partial charge in [-0.05, 0) is 68.7 Å². The summed E-state index contributed by atoms with van der Waals surface area (Å²) in [6.07, 6.45) is 1.48. The van der Waals surface area contributed by atoms with E-state index in [0.717, 1.165) is 35.0 Å². The van der Waals surface area contributed by atoms with E-state index in [1.807, 2.05) is 32.0 Å². The van der Waals surface area contributed by atoms with Gasteiger partial charge in [-0.15, -0.1) is 0 Å². The fourth-order valence-electron chi connectivity index (χ4n) is 5.58. The minimum absolute atomic E-state index is 0.0267. The number of carbonyl (C=O) groups is 1. The van der Waals surface area contributed by atoms with Crippen molar-refractivity contribution in [1.82, 2.24) is 4.57 Å². The second-order valence-corrected chi connectivity index (χ2v) is 12.2. The van der Waals surface area contributed by atoms with Crippen molar-refractivity contribution < 1.29 is 23.7 Å². The molecule has 1 saturated heterocycles. The van der Waals surface area contributed by atoms with E-state index in [-0.39, 0.29) is 17.4 Å². The highest BCUT2D eigenvalue weighted by atomic mass is 16.7. The standard InChI is InChI=1S/C29H32B2N2O5/c1-26(2,3)24-13-17-12-19(7-8-21(17)33(24)15-20-16-35-27(4,5)36-20)32-25(34)28(10-11-28)18-6-9-22-23(14-18)38-29(30,31)37-22/h6-9,12-14,20H,10-11,15-16H2,1-5H3,(H,32,34). The van der Waals surface area contributed by atoms with Crippen molar-refractivity contribution in [2.24, 2.45) is 0 Å². The van der Waals surface area contributed by atoms with Gasteiger partial charge in [0.25, 0.3) is 0 Å². The van der Waals surface area contributed by atoms with Crippen molar-refractivity contribution in [2.75, 3.05) is 11.9 Å². The van der Waals surface area contributed by atoms with Crippen LogP contribution in [0.1, 0.15) is 58.7 Å². The number of anilines is 1. The van der Waals surface area contributed by atoms with Gasteiger partial charge in [-0.25, -0.2) is 0 Å². The summed E-state index contributed by atoms with van der Waals surface area (Å²) in [6.45, 7) is 11.8. The molecule has 6 rings (SSSR count). The summed E-state index contributed by atoms with van der Waals surface area (Å²) >= 11 is 0. The van der Waals surface area contributed by atoms with Crippen molar-refractivity contribution in [2.45, 2.75) is 82.3 Å². The zero-order chi connectivity index (χ0) is 27.1. The first kappa shape index (κ1) is 25.4. The maximum atomic E-state index is 13.5. The molecule has 2 aromatic carbocycles. The summed E-state index contributed by atoms with van der Waals surface area (Å²) in [5.74, 6) is 0.306. The minimum atomic E-state index is -1.69. The average Bonchev–Trinajstić information content (AvgIpc) is 3.32. The summed E-state index contributed by atoms with van der Waals surface area (Å²) in [7, 11) is 11.5. The molecule has 3 aliphatic rings. The molecule has 1 aliphatic carbocycles. The predicted molar refractivity (Wildman–Crippen MR) is 147 cm³/mol. The molecule has 1 unspecified atom stereocenters. The van der Waals surface area contributed by atoms with E-state index < -0.39 is 16.8 Å². The Labute approximate surface area is 226 Å². The zero-order valence-corrected chi connectivity index (χ0v) is 22.6. The van der Waals surface area contributed by atoms with Crippen molar-refractivity contribution in [3.05, 3.63) is 53.7 Å². The van der Waals surface area contributed by atoms with Crippen LogP contribution in [0.15, 0.2) is 42.5 Å². The van der Waals surface area contributed by atoms with E-state index in [1.54, 1.807) is 12.1 Å². The number of amides is 1. The number of fused-ring (bicyclic) bond motifs is 2. The Bertz CT molecular complexity index is 1430. The Morgan fingerprint density at radius 2 is 1.79 bits per heavy atom. The van der Waals surface area contributed by atoms with Gasteiger partial charge in [0.2, 0.25) is 5.91 Å². The lowest BCUT2D eigenvalue weighted by molar-refractivity contribution is -0.139. The molecule has 2 fully saturated rings. The van der Waals surface area contributed by atoms with Gasteiger partial charge < -0.3 is 28.8 Å². The highest BCUT2D eigenvalue weighted by molar-refractivity contribution is 6.38. The van der Waals surface area contributed by atoms with E-state index >= 15 is 0 Å². The summed E-state index contributed by atoms with van der Waals surface area (Å²) in [5.41, 5.74) is 1.56. The minimum Gasteiger partial charge on any atom is -0.468 e. The van der Waals surface area contributed by atoms with Crippen LogP contribution in [0, 0.1) is 0 Å². The van der Waals surface area contributed by atoms with E-state index in [1.165, 1.54) is 5.69 Å². The zero-order valence-electron chi connectivity index (χ0n) is 22.6. The second-order valence-electron chi connectivity index (χ2n) is 12.2. The van der Waals surface area contributed by atoms with Crippen LogP contribution in [0.5, 0.6) is 11.5 Å². The van der Waals surface area contributed by atoms with E-state index in [9.17, 15) is 4.79 Å². The number of hydrogen-bond acceptors (Lipinski definition) is 5. The highest BCUT2D eigenvalue weighted by Gasteiger charge is 2.52. The molecule has 3 heterocycles. The first-order valence-electron chi connectivity index (χ1n) is 13.1. The molecule has 38 heavy (non-hydrogen) atoms. The number of nitrogens with zero attached hydrogens (tertiary/aromatic N) is 1. The Hall–Kier alpha value is -2.90. The fourth-order valence-corrected chi connectivity index (χ4v) is 5.58. The fraction of sp³-hybridized carbons (Fsp3) is 0.483. The molecule has 0 spiro atoms. The first-order chi connectivity index (χ1) is 17.7. The quantitative estimate of drug-likeness (QED) is 0.513. The molecular weight excluding hydrogens is 478 g/mol. The molecule has 2 aliphatic heterocycles. The van der Waals surface area contributed by atoms with Crippen LogP contribution in [0.3, 0.4) is 0 Å². The van der Waals surface area contributed by atoms with Crippen molar-refractivity contribution >= 4 is 38.2 Å². The lowest BCUT2D eigenvalue weighted by atomic mass is 9.76. The summed E-state index contributed by atoms with van der Waals surface area (Å²) in [5, 5.41) is 4.23. The Morgan fingerprint density at radius 1 is 1.05 bits per heavy atom. The molecule has 1 aromatic heterocycles. The maximum absolute atomic E-state index is 13.5. The third-order valence-electron chi connectivity index (χ3n) is 7.60. The molecule has 1 N–H and O–H groups in total. The number of carbonyl (C=O) groups excluding carboxylic acids is 1. The molecule has 1 saturated carbocycles. The SMILES string of the molecule is [B]C1([B])Oc2ccc(C3(C(=O)Nc4ccc5c(c4)cc(C(C)(C)C)n5CC4COC(C)(C)O4)CC3)cc2O1. The predicted octanol–water partition coefficient (Wildman–Crippen LogP) is 4.48. The van der Waals surface area contributed by atoms with Crippen molar-refractivity contribution in [3.8, 4) is 11.5 Å². The van der Waals surface area contributed by atoms with Crippen molar-refractivity contribution in [1.29, 1.82) is 0 Å². The summed E-state index contributed by atoms with van der Waals surface area (Å²) in [4.78, 5) is 13.5. The molecule has 0 bridgehead atoms. The third kappa shape index (κ3) is 4.50.